The molecule has 29 heavy (non-hydrogen) atoms. The Balaban J connectivity index is 1.70. The van der Waals surface area contributed by atoms with Gasteiger partial charge in [0.1, 0.15) is 10.7 Å². The summed E-state index contributed by atoms with van der Waals surface area (Å²) in [4.78, 5) is 15.4. The SMILES string of the molecule is O=C(c1sc2cc(Cl)cc(Cl)c2c1Cl)N(Cc1ccccc1F)CC1CCCO1. The number of fused-ring (bicyclic) bond motifs is 1. The van der Waals surface area contributed by atoms with Crippen LogP contribution in [-0.2, 0) is 11.3 Å². The molecule has 8 heteroatoms. The van der Waals surface area contributed by atoms with Crippen molar-refractivity contribution in [2.75, 3.05) is 13.2 Å². The molecule has 0 N–H and O–H groups in total. The number of hydrogen-bond donors (Lipinski definition) is 0. The highest BCUT2D eigenvalue weighted by Gasteiger charge is 2.28. The Hall–Kier alpha value is -1.37. The summed E-state index contributed by atoms with van der Waals surface area (Å²) in [5.74, 6) is -0.628. The molecule has 1 saturated heterocycles. The third-order valence-corrected chi connectivity index (χ3v) is 7.03. The summed E-state index contributed by atoms with van der Waals surface area (Å²) in [7, 11) is 0. The van der Waals surface area contributed by atoms with E-state index < -0.39 is 0 Å². The van der Waals surface area contributed by atoms with Crippen LogP contribution in [0, 0.1) is 5.82 Å². The normalized spacial score (nSPS) is 16.5. The number of rotatable bonds is 5. The summed E-state index contributed by atoms with van der Waals surface area (Å²) in [6.07, 6.45) is 1.74. The van der Waals surface area contributed by atoms with Crippen molar-refractivity contribution in [1.29, 1.82) is 0 Å². The van der Waals surface area contributed by atoms with Crippen LogP contribution in [0.15, 0.2) is 36.4 Å². The monoisotopic (exact) mass is 471 g/mol. The van der Waals surface area contributed by atoms with Crippen molar-refractivity contribution < 1.29 is 13.9 Å². The van der Waals surface area contributed by atoms with E-state index in [1.54, 1.807) is 35.2 Å². The molecule has 2 aromatic carbocycles. The van der Waals surface area contributed by atoms with Crippen LogP contribution in [0.1, 0.15) is 28.1 Å². The van der Waals surface area contributed by atoms with Crippen LogP contribution in [0.5, 0.6) is 0 Å². The van der Waals surface area contributed by atoms with E-state index in [1.807, 2.05) is 0 Å². The summed E-state index contributed by atoms with van der Waals surface area (Å²) in [6, 6.07) is 9.77. The third kappa shape index (κ3) is 4.39. The Labute approximate surface area is 186 Å². The van der Waals surface area contributed by atoms with Gasteiger partial charge >= 0.3 is 0 Å². The van der Waals surface area contributed by atoms with Crippen LogP contribution in [0.25, 0.3) is 10.1 Å². The predicted octanol–water partition coefficient (Wildman–Crippen LogP) is 6.82. The van der Waals surface area contributed by atoms with Crippen LogP contribution in [0.3, 0.4) is 0 Å². The number of nitrogens with zero attached hydrogens (tertiary/aromatic N) is 1. The molecule has 4 rings (SSSR count). The van der Waals surface area contributed by atoms with Crippen molar-refractivity contribution >= 4 is 62.1 Å². The van der Waals surface area contributed by atoms with Gasteiger partial charge in [-0.25, -0.2) is 4.39 Å². The molecule has 0 spiro atoms. The van der Waals surface area contributed by atoms with E-state index in [1.165, 1.54) is 17.4 Å². The van der Waals surface area contributed by atoms with Crippen molar-refractivity contribution in [3.63, 3.8) is 0 Å². The molecule has 0 bridgehead atoms. The van der Waals surface area contributed by atoms with Crippen molar-refractivity contribution in [3.8, 4) is 0 Å². The van der Waals surface area contributed by atoms with Gasteiger partial charge in [-0.3, -0.25) is 4.79 Å². The number of benzene rings is 2. The summed E-state index contributed by atoms with van der Waals surface area (Å²) in [5.41, 5.74) is 0.442. The lowest BCUT2D eigenvalue weighted by molar-refractivity contribution is 0.0509. The molecule has 0 aliphatic carbocycles. The zero-order valence-electron chi connectivity index (χ0n) is 15.3. The summed E-state index contributed by atoms with van der Waals surface area (Å²) < 4.78 is 20.7. The molecule has 3 aromatic rings. The maximum absolute atomic E-state index is 14.2. The fourth-order valence-electron chi connectivity index (χ4n) is 3.48. The first-order valence-corrected chi connectivity index (χ1v) is 11.1. The molecule has 1 unspecified atom stereocenters. The average molecular weight is 473 g/mol. The Morgan fingerprint density at radius 3 is 2.76 bits per heavy atom. The summed E-state index contributed by atoms with van der Waals surface area (Å²) in [5, 5.41) is 1.77. The van der Waals surface area contributed by atoms with E-state index in [0.717, 1.165) is 17.5 Å². The van der Waals surface area contributed by atoms with Crippen molar-refractivity contribution in [2.45, 2.75) is 25.5 Å². The zero-order valence-corrected chi connectivity index (χ0v) is 18.3. The van der Waals surface area contributed by atoms with E-state index >= 15 is 0 Å². The highest BCUT2D eigenvalue weighted by molar-refractivity contribution is 7.21. The van der Waals surface area contributed by atoms with E-state index in [2.05, 4.69) is 0 Å². The molecule has 0 radical (unpaired) electrons. The van der Waals surface area contributed by atoms with E-state index in [4.69, 9.17) is 39.5 Å². The molecule has 1 fully saturated rings. The van der Waals surface area contributed by atoms with Gasteiger partial charge in [0.05, 0.1) is 16.1 Å². The molecule has 1 aromatic heterocycles. The molecule has 1 atom stereocenters. The first kappa shape index (κ1) is 20.9. The number of amides is 1. The minimum absolute atomic E-state index is 0.0723. The minimum Gasteiger partial charge on any atom is -0.376 e. The van der Waals surface area contributed by atoms with E-state index in [-0.39, 0.29) is 24.4 Å². The number of ether oxygens (including phenoxy) is 1. The first-order chi connectivity index (χ1) is 13.9. The average Bonchev–Trinajstić information content (AvgIpc) is 3.30. The lowest BCUT2D eigenvalue weighted by Crippen LogP contribution is -2.37. The van der Waals surface area contributed by atoms with Crippen molar-refractivity contribution in [3.05, 3.63) is 67.7 Å². The Kier molecular flexibility index (Phi) is 6.32. The van der Waals surface area contributed by atoms with Crippen molar-refractivity contribution in [1.82, 2.24) is 4.90 Å². The highest BCUT2D eigenvalue weighted by Crippen LogP contribution is 2.41. The molecule has 152 valence electrons. The quantitative estimate of drug-likeness (QED) is 0.408. The minimum atomic E-state index is -0.352. The molecule has 0 saturated carbocycles. The van der Waals surface area contributed by atoms with Gasteiger partial charge in [0.15, 0.2) is 0 Å². The van der Waals surface area contributed by atoms with Crippen LogP contribution in [-0.4, -0.2) is 30.1 Å². The largest absolute Gasteiger partial charge is 0.376 e. The molecule has 3 nitrogen and oxygen atoms in total. The van der Waals surface area contributed by atoms with E-state index in [9.17, 15) is 9.18 Å². The number of thiophene rings is 1. The second kappa shape index (κ2) is 8.78. The van der Waals surface area contributed by atoms with Crippen LogP contribution < -0.4 is 0 Å². The fourth-order valence-corrected chi connectivity index (χ4v) is 5.82. The number of hydrogen-bond acceptors (Lipinski definition) is 3. The van der Waals surface area contributed by atoms with Crippen LogP contribution in [0.2, 0.25) is 15.1 Å². The highest BCUT2D eigenvalue weighted by atomic mass is 35.5. The van der Waals surface area contributed by atoms with Gasteiger partial charge in [-0.2, -0.15) is 0 Å². The predicted molar refractivity (Wildman–Crippen MR) is 117 cm³/mol. The fraction of sp³-hybridized carbons (Fsp3) is 0.286. The van der Waals surface area contributed by atoms with Crippen molar-refractivity contribution in [2.24, 2.45) is 0 Å². The summed E-state index contributed by atoms with van der Waals surface area (Å²) in [6.45, 7) is 1.17. The molecule has 1 aliphatic rings. The standard InChI is InChI=1S/C21H17Cl3FNO2S/c22-13-8-15(23)18-17(9-13)29-20(19(18)24)21(27)26(11-14-5-3-7-28-14)10-12-4-1-2-6-16(12)25/h1-2,4,6,8-9,14H,3,5,7,10-11H2. The van der Waals surface area contributed by atoms with E-state index in [0.29, 0.717) is 44.0 Å². The van der Waals surface area contributed by atoms with Gasteiger partial charge in [-0.15, -0.1) is 11.3 Å². The van der Waals surface area contributed by atoms with Gasteiger partial charge in [0.25, 0.3) is 5.91 Å². The Bertz CT molecular complexity index is 1070. The van der Waals surface area contributed by atoms with Crippen LogP contribution in [0.4, 0.5) is 4.39 Å². The summed E-state index contributed by atoms with van der Waals surface area (Å²) >= 11 is 20.2. The maximum atomic E-state index is 14.2. The van der Waals surface area contributed by atoms with Gasteiger partial charge in [-0.05, 0) is 31.0 Å². The third-order valence-electron chi connectivity index (χ3n) is 4.90. The molecule has 1 aliphatic heterocycles. The molecule has 1 amide bonds. The Morgan fingerprint density at radius 1 is 1.24 bits per heavy atom. The van der Waals surface area contributed by atoms with Gasteiger partial charge in [0, 0.05) is 40.4 Å². The lowest BCUT2D eigenvalue weighted by atomic mass is 10.1. The van der Waals surface area contributed by atoms with Gasteiger partial charge in [-0.1, -0.05) is 53.0 Å². The number of halogens is 4. The topological polar surface area (TPSA) is 29.5 Å². The van der Waals surface area contributed by atoms with Gasteiger partial charge in [0.2, 0.25) is 0 Å². The molecule has 2 heterocycles. The lowest BCUT2D eigenvalue weighted by Gasteiger charge is -2.25. The smallest absolute Gasteiger partial charge is 0.265 e. The number of carbonyl (C=O) groups is 1. The second-order valence-electron chi connectivity index (χ2n) is 6.92. The first-order valence-electron chi connectivity index (χ1n) is 9.15. The number of carbonyl (C=O) groups excluding carboxylic acids is 1. The maximum Gasteiger partial charge on any atom is 0.265 e. The Morgan fingerprint density at radius 2 is 2.03 bits per heavy atom. The van der Waals surface area contributed by atoms with Gasteiger partial charge < -0.3 is 9.64 Å². The zero-order chi connectivity index (χ0) is 20.5. The van der Waals surface area contributed by atoms with Crippen LogP contribution >= 0.6 is 46.1 Å². The second-order valence-corrected chi connectivity index (χ2v) is 9.19. The molecular weight excluding hydrogens is 456 g/mol. The molecular formula is C21H17Cl3FNO2S.